The van der Waals surface area contributed by atoms with Crippen LogP contribution in [-0.2, 0) is 9.53 Å². The molecule has 1 aliphatic rings. The molecule has 1 aliphatic heterocycles. The highest BCUT2D eigenvalue weighted by molar-refractivity contribution is 6.01. The number of carbonyl (C=O) groups is 1. The van der Waals surface area contributed by atoms with Crippen LogP contribution in [0.2, 0.25) is 0 Å². The highest BCUT2D eigenvalue weighted by Crippen LogP contribution is 2.28. The number of nitrogens with zero attached hydrogens (tertiary/aromatic N) is 2. The summed E-state index contributed by atoms with van der Waals surface area (Å²) >= 11 is 0. The normalized spacial score (nSPS) is 16.1. The third kappa shape index (κ3) is 2.75. The number of anilines is 1. The number of hydrogen-bond donors (Lipinski definition) is 2. The minimum Gasteiger partial charge on any atom is -0.444 e. The predicted octanol–water partition coefficient (Wildman–Crippen LogP) is 0.404. The van der Waals surface area contributed by atoms with Gasteiger partial charge in [-0.25, -0.2) is 5.10 Å². The Morgan fingerprint density at radius 3 is 2.77 bits per heavy atom. The van der Waals surface area contributed by atoms with E-state index in [1.165, 1.54) is 0 Å². The van der Waals surface area contributed by atoms with Gasteiger partial charge in [0.15, 0.2) is 0 Å². The third-order valence-corrected chi connectivity index (χ3v) is 3.72. The first-order valence-electron chi connectivity index (χ1n) is 7.14. The number of carbonyl (C=O) groups excluding carboxylic acids is 1. The SMILES string of the molecule is Cc1n[nH]c(=O)c2c(NC(=O)CN3CCOCC3)oc(C)c12. The standard InChI is InChI=1S/C14H18N4O4/c1-8-11-9(2)22-14(12(11)13(20)17-16-8)15-10(19)7-18-3-5-21-6-4-18/h3-7H2,1-2H3,(H,15,19)(H,17,20). The van der Waals surface area contributed by atoms with Crippen LogP contribution >= 0.6 is 0 Å². The van der Waals surface area contributed by atoms with Crippen LogP contribution in [0.4, 0.5) is 5.88 Å². The van der Waals surface area contributed by atoms with Crippen LogP contribution < -0.4 is 10.9 Å². The lowest BCUT2D eigenvalue weighted by Crippen LogP contribution is -2.41. The summed E-state index contributed by atoms with van der Waals surface area (Å²) in [5.74, 6) is 0.525. The van der Waals surface area contributed by atoms with Gasteiger partial charge in [-0.1, -0.05) is 0 Å². The molecule has 22 heavy (non-hydrogen) atoms. The van der Waals surface area contributed by atoms with E-state index in [2.05, 4.69) is 15.5 Å². The van der Waals surface area contributed by atoms with Crippen LogP contribution in [0, 0.1) is 13.8 Å². The highest BCUT2D eigenvalue weighted by Gasteiger charge is 2.20. The summed E-state index contributed by atoms with van der Waals surface area (Å²) in [6.07, 6.45) is 0. The second-order valence-corrected chi connectivity index (χ2v) is 5.31. The number of ether oxygens (including phenoxy) is 1. The summed E-state index contributed by atoms with van der Waals surface area (Å²) in [5.41, 5.74) is 0.281. The van der Waals surface area contributed by atoms with Crippen LogP contribution in [0.15, 0.2) is 9.21 Å². The molecule has 1 saturated heterocycles. The average Bonchev–Trinajstić information content (AvgIpc) is 2.81. The molecule has 3 rings (SSSR count). The fourth-order valence-electron chi connectivity index (χ4n) is 2.66. The topological polar surface area (TPSA) is 100 Å². The second kappa shape index (κ2) is 5.90. The van der Waals surface area contributed by atoms with Gasteiger partial charge >= 0.3 is 0 Å². The van der Waals surface area contributed by atoms with Crippen LogP contribution in [-0.4, -0.2) is 53.9 Å². The lowest BCUT2D eigenvalue weighted by Gasteiger charge is -2.25. The van der Waals surface area contributed by atoms with Crippen molar-refractivity contribution in [3.8, 4) is 0 Å². The summed E-state index contributed by atoms with van der Waals surface area (Å²) in [4.78, 5) is 26.1. The molecule has 0 atom stereocenters. The third-order valence-electron chi connectivity index (χ3n) is 3.72. The second-order valence-electron chi connectivity index (χ2n) is 5.31. The number of furan rings is 1. The molecule has 1 amide bonds. The maximum Gasteiger partial charge on any atom is 0.277 e. The first kappa shape index (κ1) is 14.7. The van der Waals surface area contributed by atoms with Gasteiger partial charge in [-0.05, 0) is 13.8 Å². The van der Waals surface area contributed by atoms with E-state index in [-0.39, 0.29) is 23.9 Å². The number of aromatic amines is 1. The number of amides is 1. The number of aromatic nitrogens is 2. The smallest absolute Gasteiger partial charge is 0.277 e. The van der Waals surface area contributed by atoms with Crippen LogP contribution in [0.3, 0.4) is 0 Å². The molecule has 0 bridgehead atoms. The van der Waals surface area contributed by atoms with Crippen molar-refractivity contribution in [2.24, 2.45) is 0 Å². The van der Waals surface area contributed by atoms with Gasteiger partial charge in [0.2, 0.25) is 11.8 Å². The number of rotatable bonds is 3. The van der Waals surface area contributed by atoms with Crippen molar-refractivity contribution in [2.45, 2.75) is 13.8 Å². The largest absolute Gasteiger partial charge is 0.444 e. The van der Waals surface area contributed by atoms with Gasteiger partial charge in [-0.3, -0.25) is 19.8 Å². The maximum atomic E-state index is 12.1. The molecule has 0 aromatic carbocycles. The minimum atomic E-state index is -0.376. The van der Waals surface area contributed by atoms with Gasteiger partial charge in [-0.2, -0.15) is 5.10 Å². The number of morpholine rings is 1. The van der Waals surface area contributed by atoms with E-state index >= 15 is 0 Å². The van der Waals surface area contributed by atoms with Crippen LogP contribution in [0.5, 0.6) is 0 Å². The Hall–Kier alpha value is -2.19. The van der Waals surface area contributed by atoms with Crippen molar-refractivity contribution in [2.75, 3.05) is 38.2 Å². The number of fused-ring (bicyclic) bond motifs is 1. The molecule has 1 fully saturated rings. The Morgan fingerprint density at radius 1 is 1.32 bits per heavy atom. The van der Waals surface area contributed by atoms with Gasteiger partial charge in [-0.15, -0.1) is 0 Å². The van der Waals surface area contributed by atoms with Gasteiger partial charge in [0.25, 0.3) is 5.56 Å². The Kier molecular flexibility index (Phi) is 3.95. The molecule has 3 heterocycles. The summed E-state index contributed by atoms with van der Waals surface area (Å²) in [6, 6.07) is 0. The number of hydrogen-bond acceptors (Lipinski definition) is 6. The molecule has 0 aliphatic carbocycles. The summed E-state index contributed by atoms with van der Waals surface area (Å²) < 4.78 is 10.8. The van der Waals surface area contributed by atoms with E-state index in [4.69, 9.17) is 9.15 Å². The van der Waals surface area contributed by atoms with E-state index in [9.17, 15) is 9.59 Å². The quantitative estimate of drug-likeness (QED) is 0.851. The number of nitrogens with one attached hydrogen (secondary N) is 2. The lowest BCUT2D eigenvalue weighted by atomic mass is 10.2. The van der Waals surface area contributed by atoms with Gasteiger partial charge < -0.3 is 9.15 Å². The van der Waals surface area contributed by atoms with E-state index in [1.807, 2.05) is 4.90 Å². The minimum absolute atomic E-state index is 0.178. The van der Waals surface area contributed by atoms with E-state index in [0.29, 0.717) is 35.4 Å². The fraction of sp³-hybridized carbons (Fsp3) is 0.500. The van der Waals surface area contributed by atoms with Gasteiger partial charge in [0.1, 0.15) is 11.1 Å². The van der Waals surface area contributed by atoms with E-state index in [1.54, 1.807) is 13.8 Å². The number of H-pyrrole nitrogens is 1. The number of aryl methyl sites for hydroxylation is 2. The van der Waals surface area contributed by atoms with Crippen molar-refractivity contribution >= 4 is 22.6 Å². The molecular weight excluding hydrogens is 288 g/mol. The van der Waals surface area contributed by atoms with Gasteiger partial charge in [0, 0.05) is 13.1 Å². The predicted molar refractivity (Wildman–Crippen MR) is 80.0 cm³/mol. The molecule has 8 heteroatoms. The summed E-state index contributed by atoms with van der Waals surface area (Å²) in [7, 11) is 0. The molecule has 0 spiro atoms. The van der Waals surface area contributed by atoms with Crippen molar-refractivity contribution in [1.82, 2.24) is 15.1 Å². The molecular formula is C14H18N4O4. The van der Waals surface area contributed by atoms with E-state index in [0.717, 1.165) is 13.1 Å². The Morgan fingerprint density at radius 2 is 2.05 bits per heavy atom. The summed E-state index contributed by atoms with van der Waals surface area (Å²) in [5, 5.41) is 9.99. The first-order chi connectivity index (χ1) is 10.6. The molecule has 8 nitrogen and oxygen atoms in total. The summed E-state index contributed by atoms with van der Waals surface area (Å²) in [6.45, 7) is 6.45. The van der Waals surface area contributed by atoms with E-state index < -0.39 is 0 Å². The van der Waals surface area contributed by atoms with Crippen LogP contribution in [0.1, 0.15) is 11.5 Å². The Bertz CT molecular complexity index is 758. The molecule has 2 aromatic rings. The fourth-order valence-corrected chi connectivity index (χ4v) is 2.66. The van der Waals surface area contributed by atoms with Crippen molar-refractivity contribution in [3.63, 3.8) is 0 Å². The zero-order valence-corrected chi connectivity index (χ0v) is 12.6. The first-order valence-corrected chi connectivity index (χ1v) is 7.14. The monoisotopic (exact) mass is 306 g/mol. The van der Waals surface area contributed by atoms with Crippen molar-refractivity contribution < 1.29 is 13.9 Å². The Balaban J connectivity index is 1.83. The van der Waals surface area contributed by atoms with Crippen molar-refractivity contribution in [3.05, 3.63) is 21.8 Å². The molecule has 2 N–H and O–H groups in total. The van der Waals surface area contributed by atoms with Crippen molar-refractivity contribution in [1.29, 1.82) is 0 Å². The zero-order valence-electron chi connectivity index (χ0n) is 12.6. The average molecular weight is 306 g/mol. The molecule has 118 valence electrons. The zero-order chi connectivity index (χ0) is 15.7. The molecule has 0 saturated carbocycles. The van der Waals surface area contributed by atoms with Crippen LogP contribution in [0.25, 0.3) is 10.8 Å². The molecule has 2 aromatic heterocycles. The Labute approximate surface area is 126 Å². The lowest BCUT2D eigenvalue weighted by molar-refractivity contribution is -0.118. The maximum absolute atomic E-state index is 12.1. The van der Waals surface area contributed by atoms with Gasteiger partial charge in [0.05, 0.1) is 30.8 Å². The molecule has 0 unspecified atom stereocenters. The highest BCUT2D eigenvalue weighted by atomic mass is 16.5. The molecule has 0 radical (unpaired) electrons.